The van der Waals surface area contributed by atoms with Crippen LogP contribution in [0.25, 0.3) is 0 Å². The smallest absolute Gasteiger partial charge is 0.192 e. The molecule has 82 valence electrons. The number of ether oxygens (including phenoxy) is 2. The standard InChI is InChI=1S/C12H17NO2/c1-12(14-6-7-15-12)11-5-3-4-10(8-11)9-13-2/h3-5,8,13H,6-7,9H2,1-2H3. The van der Waals surface area contributed by atoms with E-state index in [2.05, 4.69) is 17.4 Å². The molecule has 0 aliphatic carbocycles. The molecule has 3 heteroatoms. The number of rotatable bonds is 3. The van der Waals surface area contributed by atoms with Crippen molar-refractivity contribution in [2.45, 2.75) is 19.3 Å². The SMILES string of the molecule is CNCc1cccc(C2(C)OCCO2)c1. The van der Waals surface area contributed by atoms with Gasteiger partial charge in [0, 0.05) is 12.1 Å². The third kappa shape index (κ3) is 2.20. The van der Waals surface area contributed by atoms with Crippen LogP contribution in [0.1, 0.15) is 18.1 Å². The lowest BCUT2D eigenvalue weighted by Gasteiger charge is -2.23. The molecule has 0 unspecified atom stereocenters. The first-order valence-electron chi connectivity index (χ1n) is 5.26. The van der Waals surface area contributed by atoms with Gasteiger partial charge in [0.15, 0.2) is 5.79 Å². The molecule has 0 spiro atoms. The summed E-state index contributed by atoms with van der Waals surface area (Å²) in [5.74, 6) is -0.552. The highest BCUT2D eigenvalue weighted by Gasteiger charge is 2.32. The van der Waals surface area contributed by atoms with E-state index in [9.17, 15) is 0 Å². The molecule has 1 aliphatic rings. The third-order valence-electron chi connectivity index (χ3n) is 2.67. The highest BCUT2D eigenvalue weighted by Crippen LogP contribution is 2.30. The van der Waals surface area contributed by atoms with Gasteiger partial charge in [0.25, 0.3) is 0 Å². The molecule has 15 heavy (non-hydrogen) atoms. The molecule has 1 heterocycles. The van der Waals surface area contributed by atoms with Crippen molar-refractivity contribution in [2.24, 2.45) is 0 Å². The van der Waals surface area contributed by atoms with Gasteiger partial charge in [-0.25, -0.2) is 0 Å². The number of hydrogen-bond donors (Lipinski definition) is 1. The highest BCUT2D eigenvalue weighted by molar-refractivity contribution is 5.27. The van der Waals surface area contributed by atoms with E-state index >= 15 is 0 Å². The Kier molecular flexibility index (Phi) is 3.05. The van der Waals surface area contributed by atoms with Crippen molar-refractivity contribution in [3.05, 3.63) is 35.4 Å². The molecule has 1 aromatic carbocycles. The zero-order valence-electron chi connectivity index (χ0n) is 9.25. The van der Waals surface area contributed by atoms with E-state index in [1.165, 1.54) is 5.56 Å². The van der Waals surface area contributed by atoms with Gasteiger partial charge in [-0.2, -0.15) is 0 Å². The maximum Gasteiger partial charge on any atom is 0.192 e. The largest absolute Gasteiger partial charge is 0.344 e. The molecule has 0 atom stereocenters. The van der Waals surface area contributed by atoms with Gasteiger partial charge in [-0.1, -0.05) is 18.2 Å². The lowest BCUT2D eigenvalue weighted by atomic mass is 10.0. The zero-order valence-corrected chi connectivity index (χ0v) is 9.25. The Hall–Kier alpha value is -0.900. The van der Waals surface area contributed by atoms with Gasteiger partial charge >= 0.3 is 0 Å². The molecule has 0 aromatic heterocycles. The summed E-state index contributed by atoms with van der Waals surface area (Å²) in [5.41, 5.74) is 2.34. The fraction of sp³-hybridized carbons (Fsp3) is 0.500. The summed E-state index contributed by atoms with van der Waals surface area (Å²) in [5, 5.41) is 3.13. The maximum atomic E-state index is 5.62. The van der Waals surface area contributed by atoms with Crippen LogP contribution in [0.15, 0.2) is 24.3 Å². The molecule has 0 bridgehead atoms. The lowest BCUT2D eigenvalue weighted by molar-refractivity contribution is -0.149. The normalized spacial score (nSPS) is 19.3. The summed E-state index contributed by atoms with van der Waals surface area (Å²) in [6.45, 7) is 4.18. The summed E-state index contributed by atoms with van der Waals surface area (Å²) in [6, 6.07) is 8.31. The second kappa shape index (κ2) is 4.31. The average molecular weight is 207 g/mol. The topological polar surface area (TPSA) is 30.5 Å². The van der Waals surface area contributed by atoms with E-state index in [0.717, 1.165) is 12.1 Å². The molecular formula is C12H17NO2. The van der Waals surface area contributed by atoms with E-state index in [1.807, 2.05) is 26.1 Å². The van der Waals surface area contributed by atoms with Crippen molar-refractivity contribution >= 4 is 0 Å². The van der Waals surface area contributed by atoms with Crippen molar-refractivity contribution in [2.75, 3.05) is 20.3 Å². The Balaban J connectivity index is 2.23. The number of benzene rings is 1. The van der Waals surface area contributed by atoms with Gasteiger partial charge < -0.3 is 14.8 Å². The summed E-state index contributed by atoms with van der Waals surface area (Å²) >= 11 is 0. The Labute approximate surface area is 90.4 Å². The Morgan fingerprint density at radius 1 is 1.33 bits per heavy atom. The predicted octanol–water partition coefficient (Wildman–Crippen LogP) is 1.63. The van der Waals surface area contributed by atoms with Crippen LogP contribution < -0.4 is 5.32 Å². The Bertz CT molecular complexity index is 332. The van der Waals surface area contributed by atoms with Gasteiger partial charge in [0.1, 0.15) is 0 Å². The van der Waals surface area contributed by atoms with E-state index in [4.69, 9.17) is 9.47 Å². The van der Waals surface area contributed by atoms with Crippen LogP contribution in [0, 0.1) is 0 Å². The van der Waals surface area contributed by atoms with Gasteiger partial charge in [-0.3, -0.25) is 0 Å². The maximum absolute atomic E-state index is 5.62. The first kappa shape index (κ1) is 10.6. The van der Waals surface area contributed by atoms with Crippen LogP contribution in [-0.2, 0) is 21.8 Å². The minimum atomic E-state index is -0.552. The first-order chi connectivity index (χ1) is 7.24. The summed E-state index contributed by atoms with van der Waals surface area (Å²) in [4.78, 5) is 0. The van der Waals surface area contributed by atoms with E-state index in [1.54, 1.807) is 0 Å². The van der Waals surface area contributed by atoms with Crippen molar-refractivity contribution in [1.82, 2.24) is 5.32 Å². The first-order valence-corrected chi connectivity index (χ1v) is 5.26. The highest BCUT2D eigenvalue weighted by atomic mass is 16.7. The van der Waals surface area contributed by atoms with Crippen LogP contribution in [0.3, 0.4) is 0 Å². The van der Waals surface area contributed by atoms with Crippen molar-refractivity contribution < 1.29 is 9.47 Å². The average Bonchev–Trinajstić information content (AvgIpc) is 2.68. The molecule has 0 saturated carbocycles. The summed E-state index contributed by atoms with van der Waals surface area (Å²) in [6.07, 6.45) is 0. The quantitative estimate of drug-likeness (QED) is 0.817. The van der Waals surface area contributed by atoms with Crippen LogP contribution in [0.2, 0.25) is 0 Å². The van der Waals surface area contributed by atoms with Crippen LogP contribution in [0.4, 0.5) is 0 Å². The molecule has 0 amide bonds. The Morgan fingerprint density at radius 3 is 2.73 bits per heavy atom. The molecule has 3 nitrogen and oxygen atoms in total. The summed E-state index contributed by atoms with van der Waals surface area (Å²) < 4.78 is 11.2. The van der Waals surface area contributed by atoms with Gasteiger partial charge in [-0.15, -0.1) is 0 Å². The second-order valence-electron chi connectivity index (χ2n) is 3.87. The fourth-order valence-electron chi connectivity index (χ4n) is 1.85. The molecule has 1 aromatic rings. The minimum absolute atomic E-state index is 0.552. The lowest BCUT2D eigenvalue weighted by Crippen LogP contribution is -2.22. The summed E-state index contributed by atoms with van der Waals surface area (Å²) in [7, 11) is 1.94. The molecular weight excluding hydrogens is 190 g/mol. The van der Waals surface area contributed by atoms with Crippen molar-refractivity contribution in [3.63, 3.8) is 0 Å². The van der Waals surface area contributed by atoms with Gasteiger partial charge in [0.2, 0.25) is 0 Å². The predicted molar refractivity (Wildman–Crippen MR) is 58.5 cm³/mol. The Morgan fingerprint density at radius 2 is 2.07 bits per heavy atom. The second-order valence-corrected chi connectivity index (χ2v) is 3.87. The molecule has 1 N–H and O–H groups in total. The monoisotopic (exact) mass is 207 g/mol. The van der Waals surface area contributed by atoms with Gasteiger partial charge in [0.05, 0.1) is 13.2 Å². The van der Waals surface area contributed by atoms with Crippen molar-refractivity contribution in [1.29, 1.82) is 0 Å². The van der Waals surface area contributed by atoms with E-state index < -0.39 is 5.79 Å². The van der Waals surface area contributed by atoms with Gasteiger partial charge in [-0.05, 0) is 25.6 Å². The number of nitrogens with one attached hydrogen (secondary N) is 1. The molecule has 0 radical (unpaired) electrons. The minimum Gasteiger partial charge on any atom is -0.344 e. The van der Waals surface area contributed by atoms with E-state index in [-0.39, 0.29) is 0 Å². The van der Waals surface area contributed by atoms with Crippen molar-refractivity contribution in [3.8, 4) is 0 Å². The van der Waals surface area contributed by atoms with Crippen LogP contribution >= 0.6 is 0 Å². The third-order valence-corrected chi connectivity index (χ3v) is 2.67. The molecule has 1 aliphatic heterocycles. The number of hydrogen-bond acceptors (Lipinski definition) is 3. The zero-order chi connectivity index (χ0) is 10.7. The van der Waals surface area contributed by atoms with Crippen LogP contribution in [0.5, 0.6) is 0 Å². The molecule has 2 rings (SSSR count). The molecule has 1 saturated heterocycles. The molecule has 1 fully saturated rings. The fourth-order valence-corrected chi connectivity index (χ4v) is 1.85. The van der Waals surface area contributed by atoms with E-state index in [0.29, 0.717) is 13.2 Å². The van der Waals surface area contributed by atoms with Crippen LogP contribution in [-0.4, -0.2) is 20.3 Å².